The fourth-order valence-corrected chi connectivity index (χ4v) is 4.83. The summed E-state index contributed by atoms with van der Waals surface area (Å²) < 4.78 is 1.51. The molecule has 0 aliphatic rings. The summed E-state index contributed by atoms with van der Waals surface area (Å²) in [7, 11) is 0. The molecule has 0 spiro atoms. The van der Waals surface area contributed by atoms with Gasteiger partial charge >= 0.3 is 0 Å². The molecule has 0 bridgehead atoms. The lowest BCUT2D eigenvalue weighted by atomic mass is 10.2. The molecule has 0 radical (unpaired) electrons. The fraction of sp³-hybridized carbons (Fsp3) is 0.250. The van der Waals surface area contributed by atoms with E-state index in [2.05, 4.69) is 16.9 Å². The number of anilines is 1. The summed E-state index contributed by atoms with van der Waals surface area (Å²) in [6.45, 7) is 9.52. The van der Waals surface area contributed by atoms with E-state index in [-0.39, 0.29) is 23.7 Å². The van der Waals surface area contributed by atoms with E-state index >= 15 is 0 Å². The molecule has 1 N–H and O–H groups in total. The SMILES string of the molecule is C=CCn1c(SC(C)C(=O)Nc2cccc([N+](=O)[O-])c2)nc2sc(C)c(C)c2c1=O. The monoisotopic (exact) mass is 444 g/mol. The van der Waals surface area contributed by atoms with Gasteiger partial charge in [-0.3, -0.25) is 24.3 Å². The summed E-state index contributed by atoms with van der Waals surface area (Å²) in [6.07, 6.45) is 1.61. The van der Waals surface area contributed by atoms with Gasteiger partial charge in [0.25, 0.3) is 11.2 Å². The molecule has 0 saturated carbocycles. The van der Waals surface area contributed by atoms with Crippen LogP contribution in [-0.2, 0) is 11.3 Å². The molecule has 2 heterocycles. The van der Waals surface area contributed by atoms with Crippen LogP contribution in [0.15, 0.2) is 46.9 Å². The van der Waals surface area contributed by atoms with E-state index in [9.17, 15) is 19.7 Å². The molecule has 0 saturated heterocycles. The molecule has 8 nitrogen and oxygen atoms in total. The molecule has 10 heteroatoms. The van der Waals surface area contributed by atoms with Gasteiger partial charge in [0.2, 0.25) is 5.91 Å². The second kappa shape index (κ2) is 8.80. The van der Waals surface area contributed by atoms with E-state index in [4.69, 9.17) is 0 Å². The number of benzene rings is 1. The highest BCUT2D eigenvalue weighted by Crippen LogP contribution is 2.30. The van der Waals surface area contributed by atoms with Crippen molar-refractivity contribution in [3.8, 4) is 0 Å². The van der Waals surface area contributed by atoms with Crippen LogP contribution < -0.4 is 10.9 Å². The Hall–Kier alpha value is -2.98. The normalized spacial score (nSPS) is 12.0. The highest BCUT2D eigenvalue weighted by Gasteiger charge is 2.21. The zero-order valence-electron chi connectivity index (χ0n) is 16.7. The number of allylic oxidation sites excluding steroid dienone is 1. The van der Waals surface area contributed by atoms with Gasteiger partial charge in [0.05, 0.1) is 15.6 Å². The molecule has 3 rings (SSSR count). The Morgan fingerprint density at radius 3 is 2.87 bits per heavy atom. The van der Waals surface area contributed by atoms with Crippen LogP contribution in [0.5, 0.6) is 0 Å². The van der Waals surface area contributed by atoms with Gasteiger partial charge in [0, 0.05) is 29.2 Å². The summed E-state index contributed by atoms with van der Waals surface area (Å²) in [4.78, 5) is 42.4. The number of hydrogen-bond acceptors (Lipinski definition) is 7. The molecule has 1 aromatic carbocycles. The van der Waals surface area contributed by atoms with Gasteiger partial charge in [-0.1, -0.05) is 23.9 Å². The number of thioether (sulfide) groups is 1. The molecule has 156 valence electrons. The maximum atomic E-state index is 13.0. The first kappa shape index (κ1) is 21.7. The summed E-state index contributed by atoms with van der Waals surface area (Å²) in [5.74, 6) is -0.349. The first-order chi connectivity index (χ1) is 14.2. The van der Waals surface area contributed by atoms with E-state index < -0.39 is 10.2 Å². The number of thiophene rings is 1. The third-order valence-electron chi connectivity index (χ3n) is 4.54. The number of nitrogens with one attached hydrogen (secondary N) is 1. The van der Waals surface area contributed by atoms with E-state index in [0.29, 0.717) is 21.1 Å². The Balaban J connectivity index is 1.89. The zero-order valence-corrected chi connectivity index (χ0v) is 18.3. The van der Waals surface area contributed by atoms with Crippen molar-refractivity contribution in [1.29, 1.82) is 0 Å². The average molecular weight is 445 g/mol. The number of nitrogens with zero attached hydrogens (tertiary/aromatic N) is 3. The smallest absolute Gasteiger partial charge is 0.271 e. The largest absolute Gasteiger partial charge is 0.325 e. The van der Waals surface area contributed by atoms with Crippen molar-refractivity contribution >= 4 is 50.6 Å². The van der Waals surface area contributed by atoms with Crippen LogP contribution in [0.1, 0.15) is 17.4 Å². The quantitative estimate of drug-likeness (QED) is 0.192. The number of aryl methyl sites for hydroxylation is 2. The Kier molecular flexibility index (Phi) is 6.37. The molecule has 1 amide bonds. The topological polar surface area (TPSA) is 107 Å². The van der Waals surface area contributed by atoms with E-state index in [1.54, 1.807) is 19.1 Å². The summed E-state index contributed by atoms with van der Waals surface area (Å²) >= 11 is 2.61. The number of carbonyl (C=O) groups excluding carboxylic acids is 1. The Morgan fingerprint density at radius 1 is 1.47 bits per heavy atom. The minimum Gasteiger partial charge on any atom is -0.325 e. The van der Waals surface area contributed by atoms with Gasteiger partial charge in [0.15, 0.2) is 5.16 Å². The second-order valence-corrected chi connectivity index (χ2v) is 9.13. The highest BCUT2D eigenvalue weighted by molar-refractivity contribution is 8.00. The van der Waals surface area contributed by atoms with Crippen LogP contribution in [0.4, 0.5) is 11.4 Å². The van der Waals surface area contributed by atoms with Crippen molar-refractivity contribution in [3.05, 3.63) is 67.8 Å². The molecular weight excluding hydrogens is 424 g/mol. The third kappa shape index (κ3) is 4.29. The van der Waals surface area contributed by atoms with Gasteiger partial charge < -0.3 is 5.32 Å². The first-order valence-corrected chi connectivity index (χ1v) is 10.8. The fourth-order valence-electron chi connectivity index (χ4n) is 2.84. The standard InChI is InChI=1S/C20H20N4O4S2/c1-5-9-23-19(26)16-11(2)12(3)29-18(16)22-20(23)30-13(4)17(25)21-14-7-6-8-15(10-14)24(27)28/h5-8,10,13H,1,9H2,2-4H3,(H,21,25). The molecule has 0 aliphatic heterocycles. The molecule has 1 unspecified atom stereocenters. The van der Waals surface area contributed by atoms with Crippen molar-refractivity contribution in [1.82, 2.24) is 9.55 Å². The van der Waals surface area contributed by atoms with E-state index in [1.165, 1.54) is 34.1 Å². The van der Waals surface area contributed by atoms with Crippen molar-refractivity contribution < 1.29 is 9.72 Å². The summed E-state index contributed by atoms with van der Waals surface area (Å²) in [6, 6.07) is 5.73. The maximum Gasteiger partial charge on any atom is 0.271 e. The highest BCUT2D eigenvalue weighted by atomic mass is 32.2. The molecule has 0 aliphatic carbocycles. The van der Waals surface area contributed by atoms with Gasteiger partial charge in [-0.2, -0.15) is 0 Å². The van der Waals surface area contributed by atoms with Crippen molar-refractivity contribution in [2.24, 2.45) is 0 Å². The molecule has 0 fully saturated rings. The van der Waals surface area contributed by atoms with E-state index in [0.717, 1.165) is 22.2 Å². The lowest BCUT2D eigenvalue weighted by molar-refractivity contribution is -0.384. The second-order valence-electron chi connectivity index (χ2n) is 6.62. The maximum absolute atomic E-state index is 13.0. The average Bonchev–Trinajstić information content (AvgIpc) is 2.98. The van der Waals surface area contributed by atoms with Crippen LogP contribution >= 0.6 is 23.1 Å². The predicted molar refractivity (Wildman–Crippen MR) is 121 cm³/mol. The molecule has 2 aromatic heterocycles. The number of nitro benzene ring substituents is 1. The number of carbonyl (C=O) groups is 1. The van der Waals surface area contributed by atoms with Crippen molar-refractivity contribution in [2.75, 3.05) is 5.32 Å². The minimum absolute atomic E-state index is 0.108. The van der Waals surface area contributed by atoms with Crippen LogP contribution in [0, 0.1) is 24.0 Å². The summed E-state index contributed by atoms with van der Waals surface area (Å²) in [5.41, 5.74) is 0.982. The molecular formula is C20H20N4O4S2. The predicted octanol–water partition coefficient (Wildman–Crippen LogP) is 4.29. The minimum atomic E-state index is -0.591. The zero-order chi connectivity index (χ0) is 22.0. The third-order valence-corrected chi connectivity index (χ3v) is 6.73. The van der Waals surface area contributed by atoms with Crippen molar-refractivity contribution in [2.45, 2.75) is 37.7 Å². The van der Waals surface area contributed by atoms with Crippen molar-refractivity contribution in [3.63, 3.8) is 0 Å². The summed E-state index contributed by atoms with van der Waals surface area (Å²) in [5, 5.41) is 14.0. The molecule has 3 aromatic rings. The lowest BCUT2D eigenvalue weighted by Gasteiger charge is -2.15. The Bertz CT molecular complexity index is 1220. The van der Waals surface area contributed by atoms with Crippen LogP contribution in [-0.4, -0.2) is 25.6 Å². The number of amides is 1. The van der Waals surface area contributed by atoms with Gasteiger partial charge in [-0.25, -0.2) is 4.98 Å². The van der Waals surface area contributed by atoms with Gasteiger partial charge in [0.1, 0.15) is 4.83 Å². The first-order valence-electron chi connectivity index (χ1n) is 9.06. The van der Waals surface area contributed by atoms with Crippen LogP contribution in [0.25, 0.3) is 10.2 Å². The number of aromatic nitrogens is 2. The van der Waals surface area contributed by atoms with Crippen LogP contribution in [0.2, 0.25) is 0 Å². The number of non-ortho nitro benzene ring substituents is 1. The number of hydrogen-bond donors (Lipinski definition) is 1. The number of fused-ring (bicyclic) bond motifs is 1. The number of nitro groups is 1. The molecule has 1 atom stereocenters. The van der Waals surface area contributed by atoms with E-state index in [1.807, 2.05) is 13.8 Å². The van der Waals surface area contributed by atoms with Gasteiger partial charge in [-0.05, 0) is 32.4 Å². The van der Waals surface area contributed by atoms with Crippen LogP contribution in [0.3, 0.4) is 0 Å². The Labute approximate surface area is 180 Å². The van der Waals surface area contributed by atoms with Gasteiger partial charge in [-0.15, -0.1) is 17.9 Å². The number of rotatable bonds is 7. The Morgan fingerprint density at radius 2 is 2.20 bits per heavy atom. The molecule has 30 heavy (non-hydrogen) atoms. The lowest BCUT2D eigenvalue weighted by Crippen LogP contribution is -2.26.